The molecule has 5 atom stereocenters. The molecule has 3 fully saturated rings. The lowest BCUT2D eigenvalue weighted by Gasteiger charge is -2.34. The van der Waals surface area contributed by atoms with Crippen LogP contribution < -0.4 is 10.6 Å². The van der Waals surface area contributed by atoms with Crippen molar-refractivity contribution in [2.45, 2.75) is 88.9 Å². The number of hydrogen-bond donors (Lipinski definition) is 2. The summed E-state index contributed by atoms with van der Waals surface area (Å²) in [5.41, 5.74) is 2.25. The Morgan fingerprint density at radius 2 is 2.09 bits per heavy atom. The van der Waals surface area contributed by atoms with Crippen LogP contribution in [0.5, 0.6) is 0 Å². The van der Waals surface area contributed by atoms with Gasteiger partial charge in [0.05, 0.1) is 36.2 Å². The maximum atomic E-state index is 14.7. The molecule has 2 unspecified atom stereocenters. The van der Waals surface area contributed by atoms with E-state index in [-0.39, 0.29) is 25.2 Å². The third-order valence-corrected chi connectivity index (χ3v) is 9.55. The number of amides is 2. The van der Waals surface area contributed by atoms with Crippen LogP contribution in [0.25, 0.3) is 5.65 Å². The van der Waals surface area contributed by atoms with Gasteiger partial charge in [-0.1, -0.05) is 0 Å². The van der Waals surface area contributed by atoms with E-state index < -0.39 is 60.7 Å². The normalized spacial score (nSPS) is 26.1. The van der Waals surface area contributed by atoms with Crippen molar-refractivity contribution in [2.75, 3.05) is 19.8 Å². The highest BCUT2D eigenvalue weighted by Gasteiger charge is 2.45. The molecule has 46 heavy (non-hydrogen) atoms. The zero-order valence-electron chi connectivity index (χ0n) is 25.5. The van der Waals surface area contributed by atoms with Crippen molar-refractivity contribution in [3.8, 4) is 0 Å². The monoisotopic (exact) mass is 651 g/mol. The number of fused-ring (bicyclic) bond motifs is 1. The predicted molar refractivity (Wildman–Crippen MR) is 155 cm³/mol. The molecule has 2 N–H and O–H groups in total. The fourth-order valence-electron chi connectivity index (χ4n) is 7.12. The van der Waals surface area contributed by atoms with Crippen LogP contribution in [-0.4, -0.2) is 68.1 Å². The molecule has 3 aliphatic rings. The predicted octanol–water partition coefficient (Wildman–Crippen LogP) is 4.99. The van der Waals surface area contributed by atoms with Crippen molar-refractivity contribution in [3.63, 3.8) is 0 Å². The number of halogens is 5. The van der Waals surface area contributed by atoms with Gasteiger partial charge in [-0.25, -0.2) is 18.3 Å². The van der Waals surface area contributed by atoms with E-state index in [0.717, 1.165) is 18.4 Å². The highest BCUT2D eigenvalue weighted by atomic mass is 19.4. The summed E-state index contributed by atoms with van der Waals surface area (Å²) in [5.74, 6) is -7.10. The summed E-state index contributed by atoms with van der Waals surface area (Å²) in [5, 5.41) is 14.3. The Hall–Kier alpha value is -3.62. The Balaban J connectivity index is 1.37. The maximum absolute atomic E-state index is 14.7. The van der Waals surface area contributed by atoms with E-state index in [4.69, 9.17) is 14.8 Å². The third-order valence-electron chi connectivity index (χ3n) is 9.55. The van der Waals surface area contributed by atoms with Crippen molar-refractivity contribution in [2.24, 2.45) is 17.8 Å². The van der Waals surface area contributed by atoms with Gasteiger partial charge in [0.2, 0.25) is 11.8 Å². The topological polar surface area (TPSA) is 115 Å². The van der Waals surface area contributed by atoms with Crippen LogP contribution in [0.2, 0.25) is 0 Å². The molecule has 3 aromatic heterocycles. The van der Waals surface area contributed by atoms with Crippen LogP contribution in [0.15, 0.2) is 24.5 Å². The second-order valence-electron chi connectivity index (χ2n) is 12.7. The number of aromatic nitrogens is 5. The second kappa shape index (κ2) is 12.9. The highest BCUT2D eigenvalue weighted by molar-refractivity contribution is 5.92. The molecule has 0 radical (unpaired) electrons. The van der Waals surface area contributed by atoms with Gasteiger partial charge in [-0.05, 0) is 62.6 Å². The van der Waals surface area contributed by atoms with Crippen molar-refractivity contribution >= 4 is 17.5 Å². The highest BCUT2D eigenvalue weighted by Crippen LogP contribution is 2.42. The first-order valence-electron chi connectivity index (χ1n) is 15.9. The lowest BCUT2D eigenvalue weighted by molar-refractivity contribution is -0.183. The molecule has 2 aliphatic heterocycles. The summed E-state index contributed by atoms with van der Waals surface area (Å²) >= 11 is 0. The summed E-state index contributed by atoms with van der Waals surface area (Å²) < 4.78 is 78.7. The maximum Gasteiger partial charge on any atom is 0.393 e. The molecule has 0 spiro atoms. The van der Waals surface area contributed by atoms with Gasteiger partial charge < -0.3 is 15.4 Å². The molecule has 2 saturated heterocycles. The van der Waals surface area contributed by atoms with Crippen molar-refractivity contribution in [1.82, 2.24) is 35.0 Å². The van der Waals surface area contributed by atoms with Gasteiger partial charge in [0.15, 0.2) is 5.65 Å². The molecular formula is C31H38F5N7O3. The van der Waals surface area contributed by atoms with Crippen molar-refractivity contribution in [3.05, 3.63) is 47.2 Å². The van der Waals surface area contributed by atoms with Crippen molar-refractivity contribution in [1.29, 1.82) is 0 Å². The van der Waals surface area contributed by atoms with E-state index in [9.17, 15) is 31.5 Å². The summed E-state index contributed by atoms with van der Waals surface area (Å²) in [7, 11) is 0. The molecular weight excluding hydrogens is 613 g/mol. The van der Waals surface area contributed by atoms with Gasteiger partial charge >= 0.3 is 6.18 Å². The summed E-state index contributed by atoms with van der Waals surface area (Å²) in [4.78, 5) is 30.9. The number of imidazole rings is 1. The number of nitrogens with one attached hydrogen (secondary N) is 2. The third kappa shape index (κ3) is 6.88. The van der Waals surface area contributed by atoms with Crippen LogP contribution in [0.1, 0.15) is 91.3 Å². The van der Waals surface area contributed by atoms with Gasteiger partial charge in [-0.2, -0.15) is 23.4 Å². The fourth-order valence-corrected chi connectivity index (χ4v) is 7.12. The number of alkyl halides is 5. The number of carbonyl (C=O) groups is 2. The number of carbonyl (C=O) groups excluding carboxylic acids is 2. The molecule has 10 nitrogen and oxygen atoms in total. The number of aryl methyl sites for hydroxylation is 1. The van der Waals surface area contributed by atoms with Crippen LogP contribution in [0.4, 0.5) is 22.0 Å². The minimum absolute atomic E-state index is 0.0102. The summed E-state index contributed by atoms with van der Waals surface area (Å²) in [6, 6.07) is 2.50. The van der Waals surface area contributed by atoms with E-state index >= 15 is 0 Å². The average molecular weight is 652 g/mol. The number of piperidine rings is 1. The van der Waals surface area contributed by atoms with Crippen LogP contribution in [0, 0.1) is 17.8 Å². The fraction of sp³-hybridized carbons (Fsp3) is 0.645. The van der Waals surface area contributed by atoms with Crippen LogP contribution >= 0.6 is 0 Å². The molecule has 5 heterocycles. The Bertz CT molecular complexity index is 1570. The zero-order valence-corrected chi connectivity index (χ0v) is 25.5. The molecule has 1 aliphatic carbocycles. The minimum Gasteiger partial charge on any atom is -0.381 e. The van der Waals surface area contributed by atoms with Crippen molar-refractivity contribution < 1.29 is 36.3 Å². The van der Waals surface area contributed by atoms with E-state index in [0.29, 0.717) is 55.3 Å². The smallest absolute Gasteiger partial charge is 0.381 e. The lowest BCUT2D eigenvalue weighted by atomic mass is 9.80. The SMILES string of the molecule is CCn1nccc1C(=O)NC(c1cn2nc(C[C@H]3C[C@@H](C(F)(F)F)CNC3=O)c(C3CCCOC3)cc2n1)[C@@H]1CCCC(F)(F)C1. The summed E-state index contributed by atoms with van der Waals surface area (Å²) in [6.45, 7) is 2.81. The minimum atomic E-state index is -4.44. The molecule has 6 rings (SSSR count). The van der Waals surface area contributed by atoms with Gasteiger partial charge in [0.25, 0.3) is 5.91 Å². The van der Waals surface area contributed by atoms with Gasteiger partial charge in [0, 0.05) is 57.0 Å². The quantitative estimate of drug-likeness (QED) is 0.332. The number of ether oxygens (including phenoxy) is 1. The average Bonchev–Trinajstić information content (AvgIpc) is 3.67. The van der Waals surface area contributed by atoms with Gasteiger partial charge in [-0.15, -0.1) is 0 Å². The number of nitrogens with zero attached hydrogens (tertiary/aromatic N) is 5. The summed E-state index contributed by atoms with van der Waals surface area (Å²) in [6.07, 6.45) is -0.0524. The number of hydrogen-bond acceptors (Lipinski definition) is 6. The zero-order chi connectivity index (χ0) is 32.6. The first kappa shape index (κ1) is 32.3. The van der Waals surface area contributed by atoms with Gasteiger partial charge in [-0.3, -0.25) is 14.3 Å². The standard InChI is InChI=1S/C31H38F5N7O3/c1-2-42-25(7-9-38-42)29(45)40-27(18-5-3-8-30(32,33)14-18)24-16-43-26(39-24)13-22(19-6-4-10-46-17-19)23(41-43)12-20-11-21(31(34,35)36)15-37-28(20)44/h7,9,13,16,18-21,27H,2-6,8,10-12,14-15,17H2,1H3,(H,37,44)(H,40,45)/t18-,19?,20-,21-,27?/m1/s1. The molecule has 15 heteroatoms. The largest absolute Gasteiger partial charge is 0.393 e. The van der Waals surface area contributed by atoms with E-state index in [2.05, 4.69) is 15.7 Å². The van der Waals surface area contributed by atoms with Gasteiger partial charge in [0.1, 0.15) is 5.69 Å². The molecule has 0 bridgehead atoms. The molecule has 2 amide bonds. The molecule has 250 valence electrons. The first-order valence-corrected chi connectivity index (χ1v) is 15.9. The first-order chi connectivity index (χ1) is 21.9. The Kier molecular flexibility index (Phi) is 9.05. The lowest BCUT2D eigenvalue weighted by Crippen LogP contribution is -2.47. The molecule has 3 aromatic rings. The van der Waals surface area contributed by atoms with E-state index in [1.54, 1.807) is 18.3 Å². The number of rotatable bonds is 8. The Morgan fingerprint density at radius 3 is 2.80 bits per heavy atom. The Morgan fingerprint density at radius 1 is 1.26 bits per heavy atom. The Labute approximate surface area is 262 Å². The second-order valence-corrected chi connectivity index (χ2v) is 12.7. The van der Waals surface area contributed by atoms with E-state index in [1.807, 2.05) is 6.92 Å². The molecule has 1 saturated carbocycles. The molecule has 0 aromatic carbocycles. The van der Waals surface area contributed by atoms with Crippen LogP contribution in [0.3, 0.4) is 0 Å². The van der Waals surface area contributed by atoms with Crippen LogP contribution in [-0.2, 0) is 22.5 Å². The van der Waals surface area contributed by atoms with E-state index in [1.165, 1.54) is 15.4 Å².